The van der Waals surface area contributed by atoms with E-state index < -0.39 is 5.91 Å². The molecule has 1 aromatic carbocycles. The highest BCUT2D eigenvalue weighted by Gasteiger charge is 2.23. The van der Waals surface area contributed by atoms with Crippen molar-refractivity contribution in [3.8, 4) is 0 Å². The van der Waals surface area contributed by atoms with E-state index in [1.165, 1.54) is 0 Å². The summed E-state index contributed by atoms with van der Waals surface area (Å²) in [5.41, 5.74) is 7.73. The second-order valence-corrected chi connectivity index (χ2v) is 8.11. The summed E-state index contributed by atoms with van der Waals surface area (Å²) < 4.78 is 5.29. The number of nitrogens with zero attached hydrogens (tertiary/aromatic N) is 4. The molecule has 2 heterocycles. The summed E-state index contributed by atoms with van der Waals surface area (Å²) in [5.74, 6) is 1.39. The first-order chi connectivity index (χ1) is 13.3. The molecule has 28 heavy (non-hydrogen) atoms. The standard InChI is InChI=1S/C21H29N5O2/c1-21(2,3)20-23-16(14-28-4)13-18(24-20)26-11-9-25(10-12-26)17-7-5-15(6-8-17)19(22)27/h5-8,13H,9-12,14H2,1-4H3,(H2,22,27). The Morgan fingerprint density at radius 2 is 1.68 bits per heavy atom. The highest BCUT2D eigenvalue weighted by Crippen LogP contribution is 2.24. The lowest BCUT2D eigenvalue weighted by Crippen LogP contribution is -2.47. The molecule has 150 valence electrons. The number of carbonyl (C=O) groups excluding carboxylic acids is 1. The molecule has 1 saturated heterocycles. The molecular weight excluding hydrogens is 354 g/mol. The second kappa shape index (κ2) is 8.14. The van der Waals surface area contributed by atoms with Crippen molar-refractivity contribution >= 4 is 17.4 Å². The second-order valence-electron chi connectivity index (χ2n) is 8.11. The summed E-state index contributed by atoms with van der Waals surface area (Å²) in [7, 11) is 1.68. The number of hydrogen-bond acceptors (Lipinski definition) is 6. The quantitative estimate of drug-likeness (QED) is 0.853. The summed E-state index contributed by atoms with van der Waals surface area (Å²) >= 11 is 0. The minimum absolute atomic E-state index is 0.123. The maximum Gasteiger partial charge on any atom is 0.248 e. The minimum Gasteiger partial charge on any atom is -0.378 e. The number of amides is 1. The number of methoxy groups -OCH3 is 1. The molecule has 2 aromatic rings. The van der Waals surface area contributed by atoms with Crippen LogP contribution in [0.25, 0.3) is 0 Å². The Bertz CT molecular complexity index is 822. The lowest BCUT2D eigenvalue weighted by atomic mass is 9.95. The number of hydrogen-bond donors (Lipinski definition) is 1. The highest BCUT2D eigenvalue weighted by molar-refractivity contribution is 5.93. The van der Waals surface area contributed by atoms with Crippen LogP contribution in [-0.4, -0.2) is 49.2 Å². The largest absolute Gasteiger partial charge is 0.378 e. The van der Waals surface area contributed by atoms with Gasteiger partial charge in [0.05, 0.1) is 12.3 Å². The highest BCUT2D eigenvalue weighted by atomic mass is 16.5. The zero-order valence-corrected chi connectivity index (χ0v) is 17.1. The molecule has 1 fully saturated rings. The molecule has 0 bridgehead atoms. The maximum atomic E-state index is 11.2. The van der Waals surface area contributed by atoms with Gasteiger partial charge in [0.25, 0.3) is 0 Å². The lowest BCUT2D eigenvalue weighted by Gasteiger charge is -2.37. The average molecular weight is 383 g/mol. The molecule has 7 nitrogen and oxygen atoms in total. The normalized spacial score (nSPS) is 15.0. The SMILES string of the molecule is COCc1cc(N2CCN(c3ccc(C(N)=O)cc3)CC2)nc(C(C)(C)C)n1. The Hall–Kier alpha value is -2.67. The minimum atomic E-state index is -0.401. The van der Waals surface area contributed by atoms with E-state index in [1.807, 2.05) is 18.2 Å². The Morgan fingerprint density at radius 3 is 2.21 bits per heavy atom. The van der Waals surface area contributed by atoms with Crippen molar-refractivity contribution in [2.75, 3.05) is 43.1 Å². The van der Waals surface area contributed by atoms with Gasteiger partial charge in [0.2, 0.25) is 5.91 Å². The summed E-state index contributed by atoms with van der Waals surface area (Å²) in [4.78, 5) is 25.3. The van der Waals surface area contributed by atoms with Crippen LogP contribution in [0.2, 0.25) is 0 Å². The van der Waals surface area contributed by atoms with E-state index in [9.17, 15) is 4.79 Å². The van der Waals surface area contributed by atoms with Gasteiger partial charge in [-0.3, -0.25) is 4.79 Å². The van der Waals surface area contributed by atoms with Crippen LogP contribution in [0.5, 0.6) is 0 Å². The summed E-state index contributed by atoms with van der Waals surface area (Å²) in [6, 6.07) is 9.49. The first-order valence-corrected chi connectivity index (χ1v) is 9.55. The van der Waals surface area contributed by atoms with Gasteiger partial charge in [-0.05, 0) is 24.3 Å². The third-order valence-electron chi connectivity index (χ3n) is 4.85. The van der Waals surface area contributed by atoms with E-state index >= 15 is 0 Å². The zero-order valence-electron chi connectivity index (χ0n) is 17.1. The maximum absolute atomic E-state index is 11.2. The van der Waals surface area contributed by atoms with Crippen LogP contribution < -0.4 is 15.5 Å². The topological polar surface area (TPSA) is 84.6 Å². The Balaban J connectivity index is 1.73. The third kappa shape index (κ3) is 4.59. The molecule has 0 unspecified atom stereocenters. The third-order valence-corrected chi connectivity index (χ3v) is 4.85. The van der Waals surface area contributed by atoms with Crippen LogP contribution in [0.1, 0.15) is 42.6 Å². The van der Waals surface area contributed by atoms with Crippen molar-refractivity contribution in [2.24, 2.45) is 5.73 Å². The molecule has 1 aliphatic rings. The summed E-state index contributed by atoms with van der Waals surface area (Å²) in [5, 5.41) is 0. The number of primary amides is 1. The van der Waals surface area contributed by atoms with E-state index in [1.54, 1.807) is 19.2 Å². The van der Waals surface area contributed by atoms with Crippen molar-refractivity contribution < 1.29 is 9.53 Å². The molecule has 0 saturated carbocycles. The monoisotopic (exact) mass is 383 g/mol. The van der Waals surface area contributed by atoms with Crippen LogP contribution in [0.15, 0.2) is 30.3 Å². The Kier molecular flexibility index (Phi) is 5.84. The average Bonchev–Trinajstić information content (AvgIpc) is 2.67. The van der Waals surface area contributed by atoms with Gasteiger partial charge in [-0.15, -0.1) is 0 Å². The Labute approximate surface area is 166 Å². The number of rotatable bonds is 5. The predicted molar refractivity (Wildman–Crippen MR) is 111 cm³/mol. The van der Waals surface area contributed by atoms with Crippen molar-refractivity contribution in [3.05, 3.63) is 47.4 Å². The van der Waals surface area contributed by atoms with Crippen molar-refractivity contribution in [1.82, 2.24) is 9.97 Å². The molecule has 1 amide bonds. The predicted octanol–water partition coefficient (Wildman–Crippen LogP) is 2.35. The molecule has 3 rings (SSSR count). The molecule has 1 aliphatic heterocycles. The van der Waals surface area contributed by atoms with Crippen LogP contribution in [0, 0.1) is 0 Å². The van der Waals surface area contributed by atoms with Gasteiger partial charge in [-0.25, -0.2) is 9.97 Å². The van der Waals surface area contributed by atoms with Crippen LogP contribution in [-0.2, 0) is 16.8 Å². The number of nitrogens with two attached hydrogens (primary N) is 1. The molecule has 0 aliphatic carbocycles. The van der Waals surface area contributed by atoms with Gasteiger partial charge in [-0.2, -0.15) is 0 Å². The van der Waals surface area contributed by atoms with Crippen LogP contribution in [0.4, 0.5) is 11.5 Å². The van der Waals surface area contributed by atoms with E-state index in [2.05, 4.69) is 35.6 Å². The number of anilines is 2. The zero-order chi connectivity index (χ0) is 20.3. The van der Waals surface area contributed by atoms with Gasteiger partial charge in [0, 0.05) is 56.0 Å². The summed E-state index contributed by atoms with van der Waals surface area (Å²) in [6.45, 7) is 10.3. The van der Waals surface area contributed by atoms with E-state index in [0.717, 1.165) is 49.2 Å². The molecule has 0 spiro atoms. The first kappa shape index (κ1) is 20.1. The fourth-order valence-corrected chi connectivity index (χ4v) is 3.23. The molecule has 7 heteroatoms. The fourth-order valence-electron chi connectivity index (χ4n) is 3.23. The number of aromatic nitrogens is 2. The van der Waals surface area contributed by atoms with E-state index in [4.69, 9.17) is 15.5 Å². The Morgan fingerprint density at radius 1 is 1.07 bits per heavy atom. The van der Waals surface area contributed by atoms with Crippen LogP contribution >= 0.6 is 0 Å². The molecule has 1 aromatic heterocycles. The van der Waals surface area contributed by atoms with Crippen molar-refractivity contribution in [1.29, 1.82) is 0 Å². The van der Waals surface area contributed by atoms with E-state index in [0.29, 0.717) is 12.2 Å². The molecule has 0 radical (unpaired) electrons. The molecular formula is C21H29N5O2. The number of ether oxygens (including phenoxy) is 1. The summed E-state index contributed by atoms with van der Waals surface area (Å²) in [6.07, 6.45) is 0. The molecule has 2 N–H and O–H groups in total. The first-order valence-electron chi connectivity index (χ1n) is 9.55. The van der Waals surface area contributed by atoms with Gasteiger partial charge in [-0.1, -0.05) is 20.8 Å². The lowest BCUT2D eigenvalue weighted by molar-refractivity contribution is 0.100. The van der Waals surface area contributed by atoms with Gasteiger partial charge >= 0.3 is 0 Å². The van der Waals surface area contributed by atoms with Crippen LogP contribution in [0.3, 0.4) is 0 Å². The number of carbonyl (C=O) groups is 1. The van der Waals surface area contributed by atoms with Crippen molar-refractivity contribution in [2.45, 2.75) is 32.8 Å². The van der Waals surface area contributed by atoms with Crippen molar-refractivity contribution in [3.63, 3.8) is 0 Å². The number of piperazine rings is 1. The van der Waals surface area contributed by atoms with Gasteiger partial charge < -0.3 is 20.3 Å². The number of benzene rings is 1. The van der Waals surface area contributed by atoms with Gasteiger partial charge in [0.1, 0.15) is 11.6 Å². The van der Waals surface area contributed by atoms with Gasteiger partial charge in [0.15, 0.2) is 0 Å². The molecule has 0 atom stereocenters. The van der Waals surface area contributed by atoms with E-state index in [-0.39, 0.29) is 5.41 Å². The smallest absolute Gasteiger partial charge is 0.248 e. The fraction of sp³-hybridized carbons (Fsp3) is 0.476.